The molecule has 1 aromatic carbocycles. The Bertz CT molecular complexity index is 328. The summed E-state index contributed by atoms with van der Waals surface area (Å²) in [7, 11) is 0. The predicted molar refractivity (Wildman–Crippen MR) is 74.6 cm³/mol. The van der Waals surface area contributed by atoms with Gasteiger partial charge < -0.3 is 5.32 Å². The van der Waals surface area contributed by atoms with Crippen LogP contribution in [-0.4, -0.2) is 6.54 Å². The number of benzene rings is 1. The second-order valence-corrected chi connectivity index (χ2v) is 6.22. The Kier molecular flexibility index (Phi) is 5.00. The van der Waals surface area contributed by atoms with Gasteiger partial charge in [0.05, 0.1) is 0 Å². The maximum absolute atomic E-state index is 3.63. The average Bonchev–Trinajstić information content (AvgIpc) is 2.16. The fourth-order valence-corrected chi connectivity index (χ4v) is 2.32. The summed E-state index contributed by atoms with van der Waals surface area (Å²) in [6.07, 6.45) is 1.17. The van der Waals surface area contributed by atoms with Gasteiger partial charge in [0.1, 0.15) is 0 Å². The molecule has 1 N–H and O–H groups in total. The van der Waals surface area contributed by atoms with Gasteiger partial charge in [0.15, 0.2) is 0 Å². The van der Waals surface area contributed by atoms with Crippen LogP contribution >= 0.6 is 15.9 Å². The lowest BCUT2D eigenvalue weighted by Crippen LogP contribution is -2.32. The molecule has 2 heteroatoms. The van der Waals surface area contributed by atoms with E-state index in [4.69, 9.17) is 0 Å². The molecule has 16 heavy (non-hydrogen) atoms. The van der Waals surface area contributed by atoms with E-state index in [1.807, 2.05) is 0 Å². The first-order valence-corrected chi connectivity index (χ1v) is 6.73. The first-order valence-electron chi connectivity index (χ1n) is 5.94. The van der Waals surface area contributed by atoms with E-state index >= 15 is 0 Å². The Hall–Kier alpha value is -0.340. The van der Waals surface area contributed by atoms with Crippen LogP contribution < -0.4 is 5.32 Å². The van der Waals surface area contributed by atoms with Crippen LogP contribution in [0.2, 0.25) is 0 Å². The summed E-state index contributed by atoms with van der Waals surface area (Å²) in [4.78, 5) is 0. The highest BCUT2D eigenvalue weighted by Gasteiger charge is 2.25. The van der Waals surface area contributed by atoms with Gasteiger partial charge in [-0.15, -0.1) is 0 Å². The Morgan fingerprint density at radius 3 is 2.50 bits per heavy atom. The monoisotopic (exact) mass is 283 g/mol. The van der Waals surface area contributed by atoms with Crippen molar-refractivity contribution >= 4 is 15.9 Å². The molecule has 0 aliphatic carbocycles. The van der Waals surface area contributed by atoms with Crippen LogP contribution in [0.1, 0.15) is 45.7 Å². The van der Waals surface area contributed by atoms with Gasteiger partial charge in [-0.05, 0) is 36.1 Å². The van der Waals surface area contributed by atoms with Crippen LogP contribution in [0.3, 0.4) is 0 Å². The highest BCUT2D eigenvalue weighted by Crippen LogP contribution is 2.33. The van der Waals surface area contributed by atoms with Crippen molar-refractivity contribution in [2.75, 3.05) is 6.54 Å². The van der Waals surface area contributed by atoms with E-state index in [0.717, 1.165) is 11.0 Å². The van der Waals surface area contributed by atoms with Crippen molar-refractivity contribution < 1.29 is 0 Å². The van der Waals surface area contributed by atoms with Gasteiger partial charge in [-0.3, -0.25) is 0 Å². The molecule has 1 unspecified atom stereocenters. The molecule has 0 bridgehead atoms. The Morgan fingerprint density at radius 2 is 2.00 bits per heavy atom. The van der Waals surface area contributed by atoms with Crippen LogP contribution in [0.4, 0.5) is 0 Å². The number of hydrogen-bond donors (Lipinski definition) is 1. The van der Waals surface area contributed by atoms with Crippen molar-refractivity contribution in [2.45, 2.75) is 40.2 Å². The zero-order valence-corrected chi connectivity index (χ0v) is 12.3. The first kappa shape index (κ1) is 13.7. The van der Waals surface area contributed by atoms with Crippen molar-refractivity contribution in [3.05, 3.63) is 34.3 Å². The SMILES string of the molecule is CCCNC(c1cccc(Br)c1)C(C)(C)C. The molecular formula is C14H22BrN. The number of halogens is 1. The molecule has 0 spiro atoms. The minimum Gasteiger partial charge on any atom is -0.309 e. The fourth-order valence-electron chi connectivity index (χ4n) is 1.90. The third-order valence-corrected chi connectivity index (χ3v) is 3.14. The molecule has 0 aliphatic rings. The van der Waals surface area contributed by atoms with Crippen LogP contribution in [0.25, 0.3) is 0 Å². The van der Waals surface area contributed by atoms with E-state index < -0.39 is 0 Å². The second-order valence-electron chi connectivity index (χ2n) is 5.31. The maximum atomic E-state index is 3.63. The number of hydrogen-bond acceptors (Lipinski definition) is 1. The molecule has 0 aliphatic heterocycles. The van der Waals surface area contributed by atoms with Crippen molar-refractivity contribution in [3.63, 3.8) is 0 Å². The summed E-state index contributed by atoms with van der Waals surface area (Å²) >= 11 is 3.54. The fraction of sp³-hybridized carbons (Fsp3) is 0.571. The van der Waals surface area contributed by atoms with Gasteiger partial charge in [-0.2, -0.15) is 0 Å². The normalized spacial score (nSPS) is 13.8. The highest BCUT2D eigenvalue weighted by molar-refractivity contribution is 9.10. The summed E-state index contributed by atoms with van der Waals surface area (Å²) in [5.74, 6) is 0. The van der Waals surface area contributed by atoms with Crippen LogP contribution in [0, 0.1) is 5.41 Å². The third-order valence-electron chi connectivity index (χ3n) is 2.65. The van der Waals surface area contributed by atoms with Crippen LogP contribution in [-0.2, 0) is 0 Å². The van der Waals surface area contributed by atoms with E-state index in [1.54, 1.807) is 0 Å². The molecule has 1 nitrogen and oxygen atoms in total. The van der Waals surface area contributed by atoms with Gasteiger partial charge in [0.25, 0.3) is 0 Å². The maximum Gasteiger partial charge on any atom is 0.0369 e. The molecule has 0 fully saturated rings. The molecule has 0 amide bonds. The Morgan fingerprint density at radius 1 is 1.31 bits per heavy atom. The molecule has 0 saturated heterocycles. The van der Waals surface area contributed by atoms with Crippen molar-refractivity contribution in [3.8, 4) is 0 Å². The zero-order chi connectivity index (χ0) is 12.2. The van der Waals surface area contributed by atoms with E-state index in [9.17, 15) is 0 Å². The predicted octanol–water partition coefficient (Wildman–Crippen LogP) is 4.54. The minimum atomic E-state index is 0.232. The molecule has 1 atom stereocenters. The quantitative estimate of drug-likeness (QED) is 0.856. The molecule has 1 aromatic rings. The minimum absolute atomic E-state index is 0.232. The smallest absolute Gasteiger partial charge is 0.0369 e. The molecule has 0 aromatic heterocycles. The summed E-state index contributed by atoms with van der Waals surface area (Å²) in [6, 6.07) is 8.99. The highest BCUT2D eigenvalue weighted by atomic mass is 79.9. The number of nitrogens with one attached hydrogen (secondary N) is 1. The van der Waals surface area contributed by atoms with Gasteiger partial charge in [0, 0.05) is 10.5 Å². The van der Waals surface area contributed by atoms with E-state index in [-0.39, 0.29) is 5.41 Å². The summed E-state index contributed by atoms with van der Waals surface area (Å²) in [5.41, 5.74) is 1.59. The number of rotatable bonds is 4. The molecule has 0 heterocycles. The Balaban J connectivity index is 2.92. The third kappa shape index (κ3) is 3.91. The van der Waals surface area contributed by atoms with E-state index in [2.05, 4.69) is 73.2 Å². The summed E-state index contributed by atoms with van der Waals surface area (Å²) in [6.45, 7) is 10.1. The average molecular weight is 284 g/mol. The van der Waals surface area contributed by atoms with E-state index in [0.29, 0.717) is 6.04 Å². The van der Waals surface area contributed by atoms with Crippen molar-refractivity contribution in [1.82, 2.24) is 5.32 Å². The first-order chi connectivity index (χ1) is 7.45. The standard InChI is InChI=1S/C14H22BrN/c1-5-9-16-13(14(2,3)4)11-7-6-8-12(15)10-11/h6-8,10,13,16H,5,9H2,1-4H3. The van der Waals surface area contributed by atoms with Crippen molar-refractivity contribution in [1.29, 1.82) is 0 Å². The summed E-state index contributed by atoms with van der Waals surface area (Å²) < 4.78 is 1.15. The lowest BCUT2D eigenvalue weighted by molar-refractivity contribution is 0.273. The molecule has 0 saturated carbocycles. The van der Waals surface area contributed by atoms with Crippen LogP contribution in [0.15, 0.2) is 28.7 Å². The molecule has 1 rings (SSSR count). The molecule has 90 valence electrons. The van der Waals surface area contributed by atoms with Gasteiger partial charge in [-0.1, -0.05) is 55.8 Å². The molecular weight excluding hydrogens is 262 g/mol. The lowest BCUT2D eigenvalue weighted by Gasteiger charge is -2.32. The topological polar surface area (TPSA) is 12.0 Å². The largest absolute Gasteiger partial charge is 0.309 e. The summed E-state index contributed by atoms with van der Waals surface area (Å²) in [5, 5.41) is 3.63. The van der Waals surface area contributed by atoms with Gasteiger partial charge in [0.2, 0.25) is 0 Å². The van der Waals surface area contributed by atoms with Crippen molar-refractivity contribution in [2.24, 2.45) is 5.41 Å². The lowest BCUT2D eigenvalue weighted by atomic mass is 9.82. The van der Waals surface area contributed by atoms with E-state index in [1.165, 1.54) is 12.0 Å². The second kappa shape index (κ2) is 5.83. The van der Waals surface area contributed by atoms with Gasteiger partial charge >= 0.3 is 0 Å². The van der Waals surface area contributed by atoms with Crippen LogP contribution in [0.5, 0.6) is 0 Å². The Labute approximate surface area is 108 Å². The zero-order valence-electron chi connectivity index (χ0n) is 10.7. The molecule has 0 radical (unpaired) electrons. The van der Waals surface area contributed by atoms with Gasteiger partial charge in [-0.25, -0.2) is 0 Å².